The summed E-state index contributed by atoms with van der Waals surface area (Å²) in [7, 11) is 0. The lowest BCUT2D eigenvalue weighted by Crippen LogP contribution is -2.37. The zero-order valence-electron chi connectivity index (χ0n) is 9.55. The summed E-state index contributed by atoms with van der Waals surface area (Å²) >= 11 is 0. The van der Waals surface area contributed by atoms with Gasteiger partial charge in [0.05, 0.1) is 6.61 Å². The molecule has 0 fully saturated rings. The van der Waals surface area contributed by atoms with Gasteiger partial charge in [0.1, 0.15) is 11.8 Å². The molecule has 1 unspecified atom stereocenters. The van der Waals surface area contributed by atoms with Crippen molar-refractivity contribution in [2.24, 2.45) is 0 Å². The highest BCUT2D eigenvalue weighted by atomic mass is 16.5. The number of carbonyl (C=O) groups is 2. The van der Waals surface area contributed by atoms with Gasteiger partial charge in [0.15, 0.2) is 0 Å². The molecular formula is C12H15NO4. The van der Waals surface area contributed by atoms with E-state index in [4.69, 9.17) is 9.84 Å². The van der Waals surface area contributed by atoms with E-state index >= 15 is 0 Å². The van der Waals surface area contributed by atoms with E-state index in [-0.39, 0.29) is 6.42 Å². The predicted octanol–water partition coefficient (Wildman–Crippen LogP) is 0.827. The first kappa shape index (κ1) is 13.0. The van der Waals surface area contributed by atoms with Crippen LogP contribution in [-0.4, -0.2) is 30.1 Å². The van der Waals surface area contributed by atoms with Crippen LogP contribution < -0.4 is 10.1 Å². The van der Waals surface area contributed by atoms with Crippen molar-refractivity contribution in [2.45, 2.75) is 19.4 Å². The Labute approximate surface area is 99.4 Å². The Kier molecular flexibility index (Phi) is 5.00. The number of nitrogens with one attached hydrogen (secondary N) is 1. The summed E-state index contributed by atoms with van der Waals surface area (Å²) in [6.45, 7) is 2.48. The third kappa shape index (κ3) is 4.14. The smallest absolute Gasteiger partial charge is 0.326 e. The van der Waals surface area contributed by atoms with Crippen LogP contribution in [-0.2, 0) is 16.0 Å². The second kappa shape index (κ2) is 6.52. The van der Waals surface area contributed by atoms with Crippen molar-refractivity contribution >= 4 is 12.4 Å². The van der Waals surface area contributed by atoms with E-state index in [0.29, 0.717) is 13.0 Å². The zero-order valence-corrected chi connectivity index (χ0v) is 9.55. The molecule has 1 rings (SSSR count). The predicted molar refractivity (Wildman–Crippen MR) is 61.9 cm³/mol. The van der Waals surface area contributed by atoms with Gasteiger partial charge in [-0.1, -0.05) is 12.1 Å². The first-order valence-electron chi connectivity index (χ1n) is 5.31. The quantitative estimate of drug-likeness (QED) is 0.689. The van der Waals surface area contributed by atoms with Gasteiger partial charge >= 0.3 is 5.97 Å². The van der Waals surface area contributed by atoms with Crippen LogP contribution in [0, 0.1) is 0 Å². The lowest BCUT2D eigenvalue weighted by molar-refractivity contribution is -0.140. The summed E-state index contributed by atoms with van der Waals surface area (Å²) in [5.74, 6) is -0.308. The topological polar surface area (TPSA) is 75.6 Å². The Bertz CT molecular complexity index is 375. The monoisotopic (exact) mass is 237 g/mol. The molecule has 0 saturated carbocycles. The summed E-state index contributed by atoms with van der Waals surface area (Å²) in [6.07, 6.45) is 0.647. The third-order valence-corrected chi connectivity index (χ3v) is 2.24. The van der Waals surface area contributed by atoms with Crippen molar-refractivity contribution in [2.75, 3.05) is 6.61 Å². The van der Waals surface area contributed by atoms with Crippen molar-refractivity contribution < 1.29 is 19.4 Å². The minimum atomic E-state index is -1.05. The molecular weight excluding hydrogens is 222 g/mol. The molecule has 0 heterocycles. The van der Waals surface area contributed by atoms with Gasteiger partial charge in [0.2, 0.25) is 6.41 Å². The maximum atomic E-state index is 10.8. The standard InChI is InChI=1S/C12H15NO4/c1-2-17-10-5-3-9(4-6-10)7-11(12(15)16)13-8-14/h3-6,8,11H,2,7H2,1H3,(H,13,14)(H,15,16). The molecule has 0 aliphatic heterocycles. The van der Waals surface area contributed by atoms with Gasteiger partial charge in [-0.25, -0.2) is 4.79 Å². The Morgan fingerprint density at radius 1 is 1.47 bits per heavy atom. The largest absolute Gasteiger partial charge is 0.494 e. The molecule has 92 valence electrons. The maximum absolute atomic E-state index is 10.8. The lowest BCUT2D eigenvalue weighted by atomic mass is 10.1. The molecule has 1 aromatic carbocycles. The number of carboxylic acids is 1. The molecule has 0 spiro atoms. The Morgan fingerprint density at radius 2 is 2.12 bits per heavy atom. The Morgan fingerprint density at radius 3 is 2.59 bits per heavy atom. The highest BCUT2D eigenvalue weighted by Crippen LogP contribution is 2.13. The summed E-state index contributed by atoms with van der Waals surface area (Å²) in [4.78, 5) is 21.1. The molecule has 17 heavy (non-hydrogen) atoms. The number of hydrogen-bond acceptors (Lipinski definition) is 3. The first-order valence-corrected chi connectivity index (χ1v) is 5.31. The second-order valence-corrected chi connectivity index (χ2v) is 3.46. The fraction of sp³-hybridized carbons (Fsp3) is 0.333. The number of benzene rings is 1. The first-order chi connectivity index (χ1) is 8.17. The van der Waals surface area contributed by atoms with E-state index in [1.807, 2.05) is 6.92 Å². The average molecular weight is 237 g/mol. The van der Waals surface area contributed by atoms with Crippen LogP contribution in [0.15, 0.2) is 24.3 Å². The molecule has 0 aliphatic rings. The molecule has 0 bridgehead atoms. The normalized spacial score (nSPS) is 11.6. The highest BCUT2D eigenvalue weighted by Gasteiger charge is 2.16. The van der Waals surface area contributed by atoms with Crippen molar-refractivity contribution in [3.8, 4) is 5.75 Å². The number of amides is 1. The molecule has 1 amide bonds. The van der Waals surface area contributed by atoms with Gasteiger partial charge in [-0.05, 0) is 24.6 Å². The summed E-state index contributed by atoms with van der Waals surface area (Å²) in [6, 6.07) is 6.23. The van der Waals surface area contributed by atoms with E-state index < -0.39 is 12.0 Å². The van der Waals surface area contributed by atoms with Crippen LogP contribution in [0.1, 0.15) is 12.5 Å². The van der Waals surface area contributed by atoms with E-state index in [0.717, 1.165) is 11.3 Å². The minimum absolute atomic E-state index is 0.250. The van der Waals surface area contributed by atoms with Crippen molar-refractivity contribution in [3.63, 3.8) is 0 Å². The summed E-state index contributed by atoms with van der Waals surface area (Å²) < 4.78 is 5.27. The highest BCUT2D eigenvalue weighted by molar-refractivity contribution is 5.76. The number of carbonyl (C=O) groups excluding carboxylic acids is 1. The van der Waals surface area contributed by atoms with E-state index in [2.05, 4.69) is 5.32 Å². The molecule has 1 aromatic rings. The number of carboxylic acid groups (broad SMARTS) is 1. The van der Waals surface area contributed by atoms with Gasteiger partial charge < -0.3 is 15.2 Å². The SMILES string of the molecule is CCOc1ccc(CC(NC=O)C(=O)O)cc1. The van der Waals surface area contributed by atoms with Crippen LogP contribution in [0.2, 0.25) is 0 Å². The van der Waals surface area contributed by atoms with Crippen LogP contribution in [0.5, 0.6) is 5.75 Å². The Balaban J connectivity index is 2.66. The zero-order chi connectivity index (χ0) is 12.7. The molecule has 5 nitrogen and oxygen atoms in total. The molecule has 2 N–H and O–H groups in total. The molecule has 0 aromatic heterocycles. The molecule has 0 aliphatic carbocycles. The van der Waals surface area contributed by atoms with Gasteiger partial charge in [-0.2, -0.15) is 0 Å². The van der Waals surface area contributed by atoms with Crippen LogP contribution in [0.4, 0.5) is 0 Å². The number of rotatable bonds is 7. The van der Waals surface area contributed by atoms with Gasteiger partial charge in [0, 0.05) is 6.42 Å². The van der Waals surface area contributed by atoms with Crippen molar-refractivity contribution in [1.29, 1.82) is 0 Å². The fourth-order valence-corrected chi connectivity index (χ4v) is 1.42. The van der Waals surface area contributed by atoms with Gasteiger partial charge in [-0.3, -0.25) is 4.79 Å². The molecule has 5 heteroatoms. The van der Waals surface area contributed by atoms with Crippen molar-refractivity contribution in [3.05, 3.63) is 29.8 Å². The van der Waals surface area contributed by atoms with Gasteiger partial charge in [0.25, 0.3) is 0 Å². The van der Waals surface area contributed by atoms with Crippen LogP contribution in [0.25, 0.3) is 0 Å². The van der Waals surface area contributed by atoms with Gasteiger partial charge in [-0.15, -0.1) is 0 Å². The lowest BCUT2D eigenvalue weighted by Gasteiger charge is -2.11. The number of hydrogen-bond donors (Lipinski definition) is 2. The van der Waals surface area contributed by atoms with E-state index in [1.165, 1.54) is 0 Å². The minimum Gasteiger partial charge on any atom is -0.494 e. The number of ether oxygens (including phenoxy) is 1. The summed E-state index contributed by atoms with van der Waals surface area (Å²) in [5.41, 5.74) is 0.829. The van der Waals surface area contributed by atoms with E-state index in [9.17, 15) is 9.59 Å². The second-order valence-electron chi connectivity index (χ2n) is 3.46. The number of aliphatic carboxylic acids is 1. The van der Waals surface area contributed by atoms with Crippen molar-refractivity contribution in [1.82, 2.24) is 5.32 Å². The summed E-state index contributed by atoms with van der Waals surface area (Å²) in [5, 5.41) is 11.1. The fourth-order valence-electron chi connectivity index (χ4n) is 1.42. The van der Waals surface area contributed by atoms with E-state index in [1.54, 1.807) is 24.3 Å². The van der Waals surface area contributed by atoms with Crippen LogP contribution >= 0.6 is 0 Å². The maximum Gasteiger partial charge on any atom is 0.326 e. The molecule has 1 atom stereocenters. The van der Waals surface area contributed by atoms with Crippen LogP contribution in [0.3, 0.4) is 0 Å². The Hall–Kier alpha value is -2.04. The average Bonchev–Trinajstić information content (AvgIpc) is 2.31. The molecule has 0 saturated heterocycles. The third-order valence-electron chi connectivity index (χ3n) is 2.24. The molecule has 0 radical (unpaired) electrons.